The molecule has 17 heavy (non-hydrogen) atoms. The molecule has 2 atom stereocenters. The van der Waals surface area contributed by atoms with Crippen molar-refractivity contribution in [1.29, 1.82) is 0 Å². The fourth-order valence-electron chi connectivity index (χ4n) is 2.43. The van der Waals surface area contributed by atoms with Gasteiger partial charge >= 0.3 is 0 Å². The number of hydrogen-bond acceptors (Lipinski definition) is 3. The van der Waals surface area contributed by atoms with Crippen LogP contribution >= 0.6 is 0 Å². The van der Waals surface area contributed by atoms with Gasteiger partial charge in [0.1, 0.15) is 0 Å². The minimum Gasteiger partial charge on any atom is -0.381 e. The predicted octanol–water partition coefficient (Wildman–Crippen LogP) is 2.21. The minimum absolute atomic E-state index is 0.497. The third-order valence-electron chi connectivity index (χ3n) is 3.86. The Morgan fingerprint density at radius 3 is 2.88 bits per heavy atom. The summed E-state index contributed by atoms with van der Waals surface area (Å²) in [4.78, 5) is 0. The molecule has 2 aliphatic rings. The van der Waals surface area contributed by atoms with E-state index in [0.717, 1.165) is 38.9 Å². The first kappa shape index (κ1) is 13.3. The molecule has 1 aliphatic heterocycles. The van der Waals surface area contributed by atoms with Crippen LogP contribution in [0.4, 0.5) is 0 Å². The Morgan fingerprint density at radius 1 is 1.35 bits per heavy atom. The van der Waals surface area contributed by atoms with E-state index in [2.05, 4.69) is 12.2 Å². The topological polar surface area (TPSA) is 30.5 Å². The van der Waals surface area contributed by atoms with E-state index in [0.29, 0.717) is 12.0 Å². The van der Waals surface area contributed by atoms with E-state index < -0.39 is 0 Å². The molecule has 0 aromatic carbocycles. The second-order valence-electron chi connectivity index (χ2n) is 5.49. The number of rotatable bonds is 9. The van der Waals surface area contributed by atoms with Crippen LogP contribution in [0.5, 0.6) is 0 Å². The Labute approximate surface area is 105 Å². The maximum Gasteiger partial charge on any atom is 0.0623 e. The molecule has 0 aromatic heterocycles. The predicted molar refractivity (Wildman–Crippen MR) is 69.2 cm³/mol. The molecule has 0 spiro atoms. The fraction of sp³-hybridized carbons (Fsp3) is 1.00. The lowest BCUT2D eigenvalue weighted by Gasteiger charge is -2.23. The van der Waals surface area contributed by atoms with Crippen molar-refractivity contribution in [3.8, 4) is 0 Å². The number of ether oxygens (including phenoxy) is 2. The van der Waals surface area contributed by atoms with Gasteiger partial charge in [0.15, 0.2) is 0 Å². The van der Waals surface area contributed by atoms with Gasteiger partial charge in [0.2, 0.25) is 0 Å². The van der Waals surface area contributed by atoms with Crippen LogP contribution in [0.2, 0.25) is 0 Å². The molecule has 0 amide bonds. The smallest absolute Gasteiger partial charge is 0.0623 e. The van der Waals surface area contributed by atoms with Crippen LogP contribution in [-0.4, -0.2) is 39.0 Å². The molecule has 1 N–H and O–H groups in total. The zero-order valence-corrected chi connectivity index (χ0v) is 11.1. The summed E-state index contributed by atoms with van der Waals surface area (Å²) in [6.07, 6.45) is 6.50. The van der Waals surface area contributed by atoms with Crippen LogP contribution in [0.15, 0.2) is 0 Å². The van der Waals surface area contributed by atoms with Crippen LogP contribution in [0, 0.1) is 11.8 Å². The van der Waals surface area contributed by atoms with E-state index in [1.165, 1.54) is 32.1 Å². The largest absolute Gasteiger partial charge is 0.381 e. The first-order valence-corrected chi connectivity index (χ1v) is 7.29. The number of nitrogens with one attached hydrogen (secondary N) is 1. The van der Waals surface area contributed by atoms with Gasteiger partial charge in [-0.05, 0) is 31.7 Å². The van der Waals surface area contributed by atoms with Crippen molar-refractivity contribution in [1.82, 2.24) is 5.32 Å². The van der Waals surface area contributed by atoms with E-state index in [9.17, 15) is 0 Å². The molecule has 1 saturated carbocycles. The molecular formula is C14H27NO2. The molecule has 1 saturated heterocycles. The zero-order chi connectivity index (χ0) is 11.9. The summed E-state index contributed by atoms with van der Waals surface area (Å²) < 4.78 is 11.3. The van der Waals surface area contributed by atoms with Crippen LogP contribution < -0.4 is 5.32 Å². The van der Waals surface area contributed by atoms with Crippen molar-refractivity contribution in [2.75, 3.05) is 33.0 Å². The highest BCUT2D eigenvalue weighted by atomic mass is 16.5. The molecule has 0 bridgehead atoms. The van der Waals surface area contributed by atoms with Crippen molar-refractivity contribution in [3.05, 3.63) is 0 Å². The lowest BCUT2D eigenvalue weighted by molar-refractivity contribution is 0.0834. The van der Waals surface area contributed by atoms with Crippen LogP contribution in [0.1, 0.15) is 39.0 Å². The first-order chi connectivity index (χ1) is 8.40. The summed E-state index contributed by atoms with van der Waals surface area (Å²) in [7, 11) is 0. The van der Waals surface area contributed by atoms with E-state index in [-0.39, 0.29) is 0 Å². The molecular weight excluding hydrogens is 214 g/mol. The van der Waals surface area contributed by atoms with Gasteiger partial charge in [0.25, 0.3) is 0 Å². The Bertz CT molecular complexity index is 200. The Hall–Kier alpha value is -0.120. The van der Waals surface area contributed by atoms with Gasteiger partial charge in [-0.3, -0.25) is 0 Å². The summed E-state index contributed by atoms with van der Waals surface area (Å²) in [5, 5.41) is 3.61. The van der Waals surface area contributed by atoms with E-state index in [4.69, 9.17) is 9.47 Å². The average Bonchev–Trinajstić information content (AvgIpc) is 3.01. The van der Waals surface area contributed by atoms with Gasteiger partial charge < -0.3 is 14.8 Å². The summed E-state index contributed by atoms with van der Waals surface area (Å²) in [6, 6.07) is 0.497. The van der Waals surface area contributed by atoms with Crippen LogP contribution in [-0.2, 0) is 9.47 Å². The zero-order valence-electron chi connectivity index (χ0n) is 11.1. The van der Waals surface area contributed by atoms with Gasteiger partial charge in [-0.2, -0.15) is 0 Å². The van der Waals surface area contributed by atoms with E-state index in [1.807, 2.05) is 0 Å². The van der Waals surface area contributed by atoms with Crippen LogP contribution in [0.25, 0.3) is 0 Å². The lowest BCUT2D eigenvalue weighted by Crippen LogP contribution is -2.41. The first-order valence-electron chi connectivity index (χ1n) is 7.29. The van der Waals surface area contributed by atoms with Crippen molar-refractivity contribution in [3.63, 3.8) is 0 Å². The molecule has 100 valence electrons. The maximum absolute atomic E-state index is 5.84. The Kier molecular flexibility index (Phi) is 5.75. The van der Waals surface area contributed by atoms with Gasteiger partial charge in [-0.25, -0.2) is 0 Å². The summed E-state index contributed by atoms with van der Waals surface area (Å²) >= 11 is 0. The SMILES string of the molecule is CCCNC(COCCC1CC1)C1CCOC1. The highest BCUT2D eigenvalue weighted by molar-refractivity contribution is 4.79. The third kappa shape index (κ3) is 4.94. The summed E-state index contributed by atoms with van der Waals surface area (Å²) in [6.45, 7) is 6.95. The Balaban J connectivity index is 1.61. The van der Waals surface area contributed by atoms with Crippen molar-refractivity contribution >= 4 is 0 Å². The lowest BCUT2D eigenvalue weighted by atomic mass is 9.99. The van der Waals surface area contributed by atoms with Crippen LogP contribution in [0.3, 0.4) is 0 Å². The van der Waals surface area contributed by atoms with Gasteiger partial charge in [-0.15, -0.1) is 0 Å². The molecule has 3 nitrogen and oxygen atoms in total. The summed E-state index contributed by atoms with van der Waals surface area (Å²) in [5.74, 6) is 1.63. The second-order valence-corrected chi connectivity index (χ2v) is 5.49. The van der Waals surface area contributed by atoms with E-state index in [1.54, 1.807) is 0 Å². The molecule has 2 rings (SSSR count). The molecule has 1 heterocycles. The minimum atomic E-state index is 0.497. The monoisotopic (exact) mass is 241 g/mol. The highest BCUT2D eigenvalue weighted by Gasteiger charge is 2.26. The fourth-order valence-corrected chi connectivity index (χ4v) is 2.43. The maximum atomic E-state index is 5.84. The van der Waals surface area contributed by atoms with Crippen molar-refractivity contribution < 1.29 is 9.47 Å². The van der Waals surface area contributed by atoms with Crippen molar-refractivity contribution in [2.45, 2.75) is 45.1 Å². The molecule has 0 aromatic rings. The average molecular weight is 241 g/mol. The third-order valence-corrected chi connectivity index (χ3v) is 3.86. The number of hydrogen-bond donors (Lipinski definition) is 1. The standard InChI is InChI=1S/C14H27NO2/c1-2-7-15-14(13-6-9-16-10-13)11-17-8-5-12-3-4-12/h12-15H,2-11H2,1H3. The van der Waals surface area contributed by atoms with Gasteiger partial charge in [-0.1, -0.05) is 19.8 Å². The molecule has 2 unspecified atom stereocenters. The second kappa shape index (κ2) is 7.34. The quantitative estimate of drug-likeness (QED) is 0.628. The van der Waals surface area contributed by atoms with Gasteiger partial charge in [0.05, 0.1) is 13.2 Å². The molecule has 1 aliphatic carbocycles. The Morgan fingerprint density at radius 2 is 2.24 bits per heavy atom. The molecule has 2 fully saturated rings. The highest BCUT2D eigenvalue weighted by Crippen LogP contribution is 2.32. The van der Waals surface area contributed by atoms with E-state index >= 15 is 0 Å². The molecule has 0 radical (unpaired) electrons. The van der Waals surface area contributed by atoms with Gasteiger partial charge in [0, 0.05) is 25.2 Å². The summed E-state index contributed by atoms with van der Waals surface area (Å²) in [5.41, 5.74) is 0. The molecule has 3 heteroatoms. The normalized spacial score (nSPS) is 26.3. The van der Waals surface area contributed by atoms with Crippen molar-refractivity contribution in [2.24, 2.45) is 11.8 Å².